The van der Waals surface area contributed by atoms with Gasteiger partial charge in [0.05, 0.1) is 11.8 Å². The predicted octanol–water partition coefficient (Wildman–Crippen LogP) is 2.70. The van der Waals surface area contributed by atoms with Crippen LogP contribution in [0.25, 0.3) is 10.8 Å². The van der Waals surface area contributed by atoms with Gasteiger partial charge in [-0.1, -0.05) is 30.3 Å². The van der Waals surface area contributed by atoms with E-state index < -0.39 is 0 Å². The smallest absolute Gasteiger partial charge is 0.272 e. The standard InChI is InChI=1S/C17H13N3O2/c21-16-13(8-7-12-4-1-2-6-15(12)16)11-19-20-17(22)14-5-3-9-18-10-14/h1-11,21H,(H,20,22)/b19-11+. The number of fused-ring (bicyclic) bond motifs is 1. The maximum absolute atomic E-state index is 11.8. The largest absolute Gasteiger partial charge is 0.507 e. The van der Waals surface area contributed by atoms with Crippen LogP contribution in [0, 0.1) is 0 Å². The summed E-state index contributed by atoms with van der Waals surface area (Å²) in [4.78, 5) is 15.7. The average Bonchev–Trinajstić information content (AvgIpc) is 2.58. The Morgan fingerprint density at radius 2 is 2.00 bits per heavy atom. The SMILES string of the molecule is O=C(N/N=C/c1ccc2ccccc2c1O)c1cccnc1. The number of phenolic OH excluding ortho intramolecular Hbond substituents is 1. The lowest BCUT2D eigenvalue weighted by molar-refractivity contribution is 0.0954. The molecule has 3 rings (SSSR count). The zero-order valence-electron chi connectivity index (χ0n) is 11.6. The fourth-order valence-electron chi connectivity index (χ4n) is 2.10. The van der Waals surface area contributed by atoms with Crippen molar-refractivity contribution in [1.29, 1.82) is 0 Å². The zero-order chi connectivity index (χ0) is 15.4. The van der Waals surface area contributed by atoms with Crippen molar-refractivity contribution in [2.45, 2.75) is 0 Å². The molecule has 2 aromatic carbocycles. The molecule has 0 saturated carbocycles. The molecule has 0 atom stereocenters. The maximum Gasteiger partial charge on any atom is 0.272 e. The highest BCUT2D eigenvalue weighted by Gasteiger charge is 2.05. The van der Waals surface area contributed by atoms with E-state index in [0.717, 1.165) is 10.8 Å². The highest BCUT2D eigenvalue weighted by atomic mass is 16.3. The Hall–Kier alpha value is -3.21. The highest BCUT2D eigenvalue weighted by Crippen LogP contribution is 2.27. The maximum atomic E-state index is 11.8. The van der Waals surface area contributed by atoms with Crippen LogP contribution in [-0.4, -0.2) is 22.2 Å². The number of benzene rings is 2. The number of pyridine rings is 1. The number of hydrogen-bond donors (Lipinski definition) is 2. The lowest BCUT2D eigenvalue weighted by atomic mass is 10.1. The van der Waals surface area contributed by atoms with E-state index in [2.05, 4.69) is 15.5 Å². The molecule has 0 aliphatic carbocycles. The van der Waals surface area contributed by atoms with Gasteiger partial charge < -0.3 is 5.11 Å². The second-order valence-corrected chi connectivity index (χ2v) is 4.67. The van der Waals surface area contributed by atoms with Gasteiger partial charge in [0.25, 0.3) is 5.91 Å². The number of aromatic hydroxyl groups is 1. The number of rotatable bonds is 3. The molecule has 0 aliphatic rings. The van der Waals surface area contributed by atoms with Crippen LogP contribution in [0.5, 0.6) is 5.75 Å². The van der Waals surface area contributed by atoms with E-state index in [1.54, 1.807) is 24.4 Å². The minimum atomic E-state index is -0.357. The number of nitrogens with zero attached hydrogens (tertiary/aromatic N) is 2. The fraction of sp³-hybridized carbons (Fsp3) is 0. The quantitative estimate of drug-likeness (QED) is 0.575. The van der Waals surface area contributed by atoms with Crippen LogP contribution >= 0.6 is 0 Å². The highest BCUT2D eigenvalue weighted by molar-refractivity contribution is 5.98. The number of carbonyl (C=O) groups excluding carboxylic acids is 1. The summed E-state index contributed by atoms with van der Waals surface area (Å²) in [7, 11) is 0. The van der Waals surface area contributed by atoms with Gasteiger partial charge in [-0.15, -0.1) is 0 Å². The Kier molecular flexibility index (Phi) is 3.78. The Labute approximate surface area is 126 Å². The molecule has 5 heteroatoms. The summed E-state index contributed by atoms with van der Waals surface area (Å²) < 4.78 is 0. The summed E-state index contributed by atoms with van der Waals surface area (Å²) in [6.45, 7) is 0. The average molecular weight is 291 g/mol. The van der Waals surface area contributed by atoms with Crippen molar-refractivity contribution >= 4 is 22.9 Å². The van der Waals surface area contributed by atoms with Crippen LogP contribution in [-0.2, 0) is 0 Å². The van der Waals surface area contributed by atoms with E-state index in [9.17, 15) is 9.90 Å². The first kappa shape index (κ1) is 13.8. The number of hydrazone groups is 1. The molecule has 2 N–H and O–H groups in total. The minimum absolute atomic E-state index is 0.137. The molecule has 22 heavy (non-hydrogen) atoms. The van der Waals surface area contributed by atoms with Crippen LogP contribution in [0.3, 0.4) is 0 Å². The van der Waals surface area contributed by atoms with Crippen molar-refractivity contribution in [3.63, 3.8) is 0 Å². The molecule has 1 heterocycles. The lowest BCUT2D eigenvalue weighted by Gasteiger charge is -2.04. The molecule has 0 aliphatic heterocycles. The van der Waals surface area contributed by atoms with Crippen molar-refractivity contribution in [3.8, 4) is 5.75 Å². The Morgan fingerprint density at radius 3 is 2.82 bits per heavy atom. The molecule has 5 nitrogen and oxygen atoms in total. The van der Waals surface area contributed by atoms with Crippen LogP contribution in [0.2, 0.25) is 0 Å². The van der Waals surface area contributed by atoms with Crippen LogP contribution in [0.1, 0.15) is 15.9 Å². The summed E-state index contributed by atoms with van der Waals surface area (Å²) in [5, 5.41) is 15.8. The number of amides is 1. The van der Waals surface area contributed by atoms with Crippen LogP contribution in [0.4, 0.5) is 0 Å². The van der Waals surface area contributed by atoms with Crippen molar-refractivity contribution in [2.75, 3.05) is 0 Å². The van der Waals surface area contributed by atoms with Gasteiger partial charge in [0.1, 0.15) is 5.75 Å². The second-order valence-electron chi connectivity index (χ2n) is 4.67. The van der Waals surface area contributed by atoms with E-state index >= 15 is 0 Å². The topological polar surface area (TPSA) is 74.6 Å². The van der Waals surface area contributed by atoms with Crippen LogP contribution in [0.15, 0.2) is 66.0 Å². The summed E-state index contributed by atoms with van der Waals surface area (Å²) in [5.41, 5.74) is 3.35. The molecule has 3 aromatic rings. The van der Waals surface area contributed by atoms with Crippen LogP contribution < -0.4 is 5.43 Å². The molecule has 0 unspecified atom stereocenters. The van der Waals surface area contributed by atoms with Gasteiger partial charge in [0, 0.05) is 23.3 Å². The summed E-state index contributed by atoms with van der Waals surface area (Å²) in [6.07, 6.45) is 4.46. The second kappa shape index (κ2) is 6.05. The van der Waals surface area contributed by atoms with Gasteiger partial charge in [0.15, 0.2) is 0 Å². The van der Waals surface area contributed by atoms with Gasteiger partial charge in [-0.2, -0.15) is 5.10 Å². The first-order valence-corrected chi connectivity index (χ1v) is 6.70. The molecule has 0 radical (unpaired) electrons. The number of hydrogen-bond acceptors (Lipinski definition) is 4. The molecule has 0 bridgehead atoms. The molecular formula is C17H13N3O2. The number of aromatic nitrogens is 1. The molecule has 0 fully saturated rings. The molecule has 0 saturated heterocycles. The van der Waals surface area contributed by atoms with Gasteiger partial charge in [-0.25, -0.2) is 5.43 Å². The van der Waals surface area contributed by atoms with Gasteiger partial charge >= 0.3 is 0 Å². The van der Waals surface area contributed by atoms with E-state index in [1.807, 2.05) is 30.3 Å². The van der Waals surface area contributed by atoms with Crippen molar-refractivity contribution in [3.05, 3.63) is 72.1 Å². The molecule has 1 aromatic heterocycles. The van der Waals surface area contributed by atoms with E-state index in [-0.39, 0.29) is 11.7 Å². The van der Waals surface area contributed by atoms with Gasteiger partial charge in [-0.3, -0.25) is 9.78 Å². The Balaban J connectivity index is 1.78. The molecule has 108 valence electrons. The normalized spacial score (nSPS) is 10.9. The van der Waals surface area contributed by atoms with Crippen molar-refractivity contribution in [2.24, 2.45) is 5.10 Å². The van der Waals surface area contributed by atoms with Crippen molar-refractivity contribution < 1.29 is 9.90 Å². The summed E-state index contributed by atoms with van der Waals surface area (Å²) in [6, 6.07) is 14.5. The fourth-order valence-corrected chi connectivity index (χ4v) is 2.10. The van der Waals surface area contributed by atoms with E-state index in [4.69, 9.17) is 0 Å². The number of carbonyl (C=O) groups is 1. The monoisotopic (exact) mass is 291 g/mol. The molecule has 1 amide bonds. The minimum Gasteiger partial charge on any atom is -0.507 e. The predicted molar refractivity (Wildman–Crippen MR) is 84.9 cm³/mol. The number of nitrogens with one attached hydrogen (secondary N) is 1. The first-order valence-electron chi connectivity index (χ1n) is 6.70. The third-order valence-electron chi connectivity index (χ3n) is 3.23. The van der Waals surface area contributed by atoms with Gasteiger partial charge in [0.2, 0.25) is 0 Å². The molecule has 0 spiro atoms. The summed E-state index contributed by atoms with van der Waals surface area (Å²) >= 11 is 0. The molecular weight excluding hydrogens is 278 g/mol. The van der Waals surface area contributed by atoms with E-state index in [1.165, 1.54) is 12.4 Å². The number of phenols is 1. The third-order valence-corrected chi connectivity index (χ3v) is 3.23. The van der Waals surface area contributed by atoms with E-state index in [0.29, 0.717) is 11.1 Å². The Bertz CT molecular complexity index is 845. The summed E-state index contributed by atoms with van der Waals surface area (Å²) in [5.74, 6) is -0.220. The van der Waals surface area contributed by atoms with Crippen molar-refractivity contribution in [1.82, 2.24) is 10.4 Å². The lowest BCUT2D eigenvalue weighted by Crippen LogP contribution is -2.17. The first-order chi connectivity index (χ1) is 10.8. The Morgan fingerprint density at radius 1 is 1.14 bits per heavy atom. The zero-order valence-corrected chi connectivity index (χ0v) is 11.6. The third kappa shape index (κ3) is 2.78. The van der Waals surface area contributed by atoms with Gasteiger partial charge in [-0.05, 0) is 23.6 Å².